The Labute approximate surface area is 367 Å². The van der Waals surface area contributed by atoms with Gasteiger partial charge in [-0.15, -0.1) is 6.58 Å². The highest BCUT2D eigenvalue weighted by atomic mass is 32.2. The highest BCUT2D eigenvalue weighted by Crippen LogP contribution is 2.66. The molecule has 2 aliphatic carbocycles. The third-order valence-electron chi connectivity index (χ3n) is 12.5. The molecule has 6 nitrogen and oxygen atoms in total. The lowest BCUT2D eigenvalue weighted by atomic mass is 9.64. The van der Waals surface area contributed by atoms with Gasteiger partial charge in [0.2, 0.25) is 0 Å². The molecule has 0 bridgehead atoms. The molecule has 62 heavy (non-hydrogen) atoms. The van der Waals surface area contributed by atoms with Gasteiger partial charge in [-0.05, 0) is 106 Å². The molecular weight excluding hydrogens is 777 g/mol. The van der Waals surface area contributed by atoms with E-state index < -0.39 is 11.6 Å². The number of dihydropyridines is 1. The Morgan fingerprint density at radius 3 is 2.32 bits per heavy atom. The molecule has 6 aromatic rings. The van der Waals surface area contributed by atoms with Crippen LogP contribution in [0.5, 0.6) is 0 Å². The van der Waals surface area contributed by atoms with E-state index in [0.717, 1.165) is 83.1 Å². The zero-order valence-electron chi connectivity index (χ0n) is 34.3. The van der Waals surface area contributed by atoms with Crippen molar-refractivity contribution in [1.29, 1.82) is 0 Å². The quantitative estimate of drug-likeness (QED) is 0.142. The van der Waals surface area contributed by atoms with Gasteiger partial charge >= 0.3 is 0 Å². The molecular formula is C55H44N6S. The number of nitrogens with zero attached hydrogens (tertiary/aromatic N) is 4. The third-order valence-corrected chi connectivity index (χ3v) is 13.9. The van der Waals surface area contributed by atoms with Gasteiger partial charge in [0.25, 0.3) is 0 Å². The lowest BCUT2D eigenvalue weighted by Crippen LogP contribution is -2.38. The fraction of sp³-hybridized carbons (Fsp3) is 0.127. The Morgan fingerprint density at radius 2 is 1.56 bits per heavy atom. The van der Waals surface area contributed by atoms with E-state index in [4.69, 9.17) is 15.0 Å². The molecule has 0 saturated carbocycles. The summed E-state index contributed by atoms with van der Waals surface area (Å²) < 4.78 is 0. The lowest BCUT2D eigenvalue weighted by molar-refractivity contribution is 0.723. The predicted octanol–water partition coefficient (Wildman–Crippen LogP) is 12.2. The van der Waals surface area contributed by atoms with Crippen molar-refractivity contribution in [2.75, 3.05) is 6.54 Å². The average molecular weight is 821 g/mol. The van der Waals surface area contributed by atoms with Crippen molar-refractivity contribution in [1.82, 2.24) is 20.6 Å². The van der Waals surface area contributed by atoms with E-state index in [0.29, 0.717) is 0 Å². The summed E-state index contributed by atoms with van der Waals surface area (Å²) in [6, 6.07) is 43.8. The minimum absolute atomic E-state index is 0.423. The number of hydrogen-bond donors (Lipinski definition) is 2. The summed E-state index contributed by atoms with van der Waals surface area (Å²) >= 11 is 1.88. The Balaban J connectivity index is 1.17. The Kier molecular flexibility index (Phi) is 9.62. The Hall–Kier alpha value is -7.09. The number of benzene rings is 4. The number of aliphatic imine (C=N–C) groups is 2. The maximum absolute atomic E-state index is 5.42. The number of hydrogen-bond acceptors (Lipinski definition) is 7. The van der Waals surface area contributed by atoms with Crippen molar-refractivity contribution >= 4 is 34.6 Å². The molecule has 1 spiro atoms. The molecule has 4 aromatic carbocycles. The first-order valence-electron chi connectivity index (χ1n) is 21.4. The summed E-state index contributed by atoms with van der Waals surface area (Å²) in [7, 11) is 0. The van der Waals surface area contributed by atoms with E-state index in [1.807, 2.05) is 42.4 Å². The molecule has 5 aliphatic rings. The average Bonchev–Trinajstić information content (AvgIpc) is 3.64. The molecule has 300 valence electrons. The van der Waals surface area contributed by atoms with Gasteiger partial charge in [-0.2, -0.15) is 0 Å². The minimum atomic E-state index is -0.566. The van der Waals surface area contributed by atoms with Crippen LogP contribution in [0, 0.1) is 0 Å². The molecule has 1 atom stereocenters. The summed E-state index contributed by atoms with van der Waals surface area (Å²) in [4.78, 5) is 22.8. The number of rotatable bonds is 9. The number of fused-ring (bicyclic) bond motifs is 9. The number of nitrogens with one attached hydrogen (secondary N) is 2. The van der Waals surface area contributed by atoms with Gasteiger partial charge in [-0.25, -0.2) is 15.0 Å². The molecule has 5 heterocycles. The van der Waals surface area contributed by atoms with Crippen molar-refractivity contribution in [2.24, 2.45) is 9.98 Å². The Bertz CT molecular complexity index is 2960. The SMILES string of the molecule is C=CCCC(=C)C1=NC(c2ccccc2)N=C(c2cccc3c2SC2=C(c4cc(C5=CNCC=C5)nc(-c5cccnc5)c4)CCC=C2C32c3ccccc3-c3ccccc32)N1. The molecule has 1 unspecified atom stereocenters. The minimum Gasteiger partial charge on any atom is -0.387 e. The smallest absolute Gasteiger partial charge is 0.169 e. The number of amidine groups is 2. The zero-order chi connectivity index (χ0) is 41.6. The van der Waals surface area contributed by atoms with Gasteiger partial charge in [-0.3, -0.25) is 4.98 Å². The number of allylic oxidation sites excluding steroid dienone is 6. The zero-order valence-corrected chi connectivity index (χ0v) is 35.1. The summed E-state index contributed by atoms with van der Waals surface area (Å²) in [6.07, 6.45) is 17.5. The first kappa shape index (κ1) is 37.9. The van der Waals surface area contributed by atoms with Crippen LogP contribution >= 0.6 is 11.8 Å². The Morgan fingerprint density at radius 1 is 0.806 bits per heavy atom. The second-order valence-electron chi connectivity index (χ2n) is 16.2. The molecule has 0 radical (unpaired) electrons. The molecule has 0 amide bonds. The van der Waals surface area contributed by atoms with Crippen molar-refractivity contribution in [3.05, 3.63) is 233 Å². The van der Waals surface area contributed by atoms with Crippen LogP contribution in [0.25, 0.3) is 33.5 Å². The van der Waals surface area contributed by atoms with E-state index in [1.54, 1.807) is 0 Å². The second kappa shape index (κ2) is 15.7. The first-order valence-corrected chi connectivity index (χ1v) is 22.2. The summed E-state index contributed by atoms with van der Waals surface area (Å²) in [6.45, 7) is 9.27. The lowest BCUT2D eigenvalue weighted by Gasteiger charge is -2.44. The fourth-order valence-electron chi connectivity index (χ4n) is 9.72. The largest absolute Gasteiger partial charge is 0.387 e. The first-order chi connectivity index (χ1) is 30.6. The highest BCUT2D eigenvalue weighted by molar-refractivity contribution is 8.03. The van der Waals surface area contributed by atoms with Crippen LogP contribution in [0.2, 0.25) is 0 Å². The number of aromatic nitrogens is 2. The second-order valence-corrected chi connectivity index (χ2v) is 17.2. The van der Waals surface area contributed by atoms with Gasteiger partial charge in [0.15, 0.2) is 6.17 Å². The van der Waals surface area contributed by atoms with E-state index in [1.165, 1.54) is 54.3 Å². The van der Waals surface area contributed by atoms with Crippen molar-refractivity contribution < 1.29 is 0 Å². The summed E-state index contributed by atoms with van der Waals surface area (Å²) in [5.74, 6) is 1.56. The van der Waals surface area contributed by atoms with Crippen LogP contribution in [0.3, 0.4) is 0 Å². The van der Waals surface area contributed by atoms with Gasteiger partial charge < -0.3 is 10.6 Å². The molecule has 0 fully saturated rings. The molecule has 0 saturated heterocycles. The van der Waals surface area contributed by atoms with Crippen LogP contribution in [-0.2, 0) is 5.41 Å². The molecule has 7 heteroatoms. The van der Waals surface area contributed by atoms with Crippen LogP contribution in [0.4, 0.5) is 0 Å². The highest BCUT2D eigenvalue weighted by Gasteiger charge is 2.53. The van der Waals surface area contributed by atoms with Gasteiger partial charge in [0.05, 0.1) is 16.8 Å². The molecule has 2 aromatic heterocycles. The van der Waals surface area contributed by atoms with Crippen LogP contribution in [0.15, 0.2) is 208 Å². The number of thioether (sulfide) groups is 1. The maximum Gasteiger partial charge on any atom is 0.169 e. The van der Waals surface area contributed by atoms with E-state index in [2.05, 4.69) is 162 Å². The summed E-state index contributed by atoms with van der Waals surface area (Å²) in [5, 5.41) is 7.13. The van der Waals surface area contributed by atoms with Crippen molar-refractivity contribution in [2.45, 2.75) is 42.2 Å². The standard InChI is InChI=1S/C55H44N6S/c1-3-4-16-35(2)52-59-53(36-17-6-5-7-18-36)61-54(60-52)43-24-13-28-47-51(43)62-50-40(39-31-48(37-19-14-29-56-33-37)58-49(32-39)38-20-15-30-57-34-38)23-12-27-46(50)55(47)44-25-10-8-21-41(44)42-22-9-11-26-45(42)55/h3,5-11,13-15,17-22,24-29,31-34,53,57H,1-2,4,12,16,23,30H2,(H,59,60,61). The maximum atomic E-state index is 5.42. The van der Waals surface area contributed by atoms with Gasteiger partial charge in [0, 0.05) is 51.6 Å². The molecule has 3 aliphatic heterocycles. The predicted molar refractivity (Wildman–Crippen MR) is 256 cm³/mol. The van der Waals surface area contributed by atoms with E-state index in [-0.39, 0.29) is 0 Å². The van der Waals surface area contributed by atoms with Crippen molar-refractivity contribution in [3.8, 4) is 22.4 Å². The van der Waals surface area contributed by atoms with Gasteiger partial charge in [0.1, 0.15) is 11.7 Å². The van der Waals surface area contributed by atoms with Crippen LogP contribution < -0.4 is 10.6 Å². The summed E-state index contributed by atoms with van der Waals surface area (Å²) in [5.41, 5.74) is 16.6. The monoisotopic (exact) mass is 820 g/mol. The molecule has 2 N–H and O–H groups in total. The fourth-order valence-corrected chi connectivity index (χ4v) is 11.2. The molecule has 11 rings (SSSR count). The number of pyridine rings is 2. The van der Waals surface area contributed by atoms with Crippen LogP contribution in [0.1, 0.15) is 70.9 Å². The van der Waals surface area contributed by atoms with Gasteiger partial charge in [-0.1, -0.05) is 140 Å². The van der Waals surface area contributed by atoms with Crippen molar-refractivity contribution in [3.63, 3.8) is 0 Å². The van der Waals surface area contributed by atoms with E-state index >= 15 is 0 Å². The third kappa shape index (κ3) is 6.26. The van der Waals surface area contributed by atoms with E-state index in [9.17, 15) is 0 Å². The normalized spacial score (nSPS) is 17.8. The topological polar surface area (TPSA) is 74.6 Å². The van der Waals surface area contributed by atoms with Crippen LogP contribution in [-0.4, -0.2) is 28.2 Å².